The van der Waals surface area contributed by atoms with Gasteiger partial charge in [0.1, 0.15) is 42.6 Å². The fourth-order valence-electron chi connectivity index (χ4n) is 8.75. The van der Waals surface area contributed by atoms with E-state index < -0.39 is 26.2 Å². The van der Waals surface area contributed by atoms with Crippen LogP contribution in [0.25, 0.3) is 69.8 Å². The van der Waals surface area contributed by atoms with Gasteiger partial charge in [-0.2, -0.15) is 9.30 Å². The third-order valence-corrected chi connectivity index (χ3v) is 22.0. The average Bonchev–Trinajstić information content (AvgIpc) is 1.62. The molecule has 12 heterocycles. The fourth-order valence-corrected chi connectivity index (χ4v) is 12.6. The Balaban J connectivity index is 0.000000163. The number of fused-ring (bicyclic) bond motifs is 4. The zero-order chi connectivity index (χ0) is 65.4. The molecule has 2 saturated heterocycles. The summed E-state index contributed by atoms with van der Waals surface area (Å²) in [4.78, 5) is 36.9. The van der Waals surface area contributed by atoms with Gasteiger partial charge in [-0.15, -0.1) is 5.10 Å². The number of aliphatic imine (C=N–C) groups is 1. The van der Waals surface area contributed by atoms with Gasteiger partial charge in [0, 0.05) is 133 Å². The van der Waals surface area contributed by atoms with Gasteiger partial charge in [0.05, 0.1) is 29.7 Å². The van der Waals surface area contributed by atoms with Gasteiger partial charge in [-0.25, -0.2) is 38.3 Å². The van der Waals surface area contributed by atoms with Crippen LogP contribution in [0.2, 0.25) is 51.4 Å². The van der Waals surface area contributed by atoms with E-state index in [1.54, 1.807) is 31.7 Å². The summed E-state index contributed by atoms with van der Waals surface area (Å²) in [5.74, 6) is 1.07. The number of rotatable bonds is 14. The molecule has 0 spiro atoms. The summed E-state index contributed by atoms with van der Waals surface area (Å²) in [6.07, 6.45) is 19.8. The van der Waals surface area contributed by atoms with E-state index in [9.17, 15) is 8.42 Å². The zero-order valence-corrected chi connectivity index (χ0v) is 60.1. The molecule has 472 valence electrons. The first kappa shape index (κ1) is 70.7. The van der Waals surface area contributed by atoms with Gasteiger partial charge in [0.25, 0.3) is 11.7 Å². The van der Waals surface area contributed by atoms with Crippen LogP contribution in [0.15, 0.2) is 141 Å². The summed E-state index contributed by atoms with van der Waals surface area (Å²) in [7, 11) is -5.55. The number of amidine groups is 1. The highest BCUT2D eigenvalue weighted by molar-refractivity contribution is 9.12. The molecular weight excluding hydrogens is 1390 g/mol. The van der Waals surface area contributed by atoms with E-state index >= 15 is 0 Å². The topological polar surface area (TPSA) is 221 Å². The number of sulfonamides is 1. The Labute approximate surface area is 554 Å². The number of H-pyrrole nitrogens is 3. The van der Waals surface area contributed by atoms with Gasteiger partial charge in [-0.1, -0.05) is 68.4 Å². The second-order valence-electron chi connectivity index (χ2n) is 24.3. The largest absolute Gasteiger partial charge is 0.495 e. The molecular formula is C62H75BBr3N15O6SSi2. The summed E-state index contributed by atoms with van der Waals surface area (Å²) >= 11 is 10.0. The minimum atomic E-state index is -3.02. The van der Waals surface area contributed by atoms with E-state index in [0.29, 0.717) is 44.7 Å². The lowest BCUT2D eigenvalue weighted by Crippen LogP contribution is -2.44. The molecule has 21 nitrogen and oxygen atoms in total. The SMILES string of the molecule is Brc1ccnc2[nH]ccc12.Brc1ccnc2[nH]ccc12.CC1(C)OB(c2ccnc3c2ccn3COCC[Si](C)(C)C)OC1(C)C.[C-]#[N+]C1=NCC=C1Br.[C-]#[N+]C=C1CN(S(=O)(=O)CC)C1.[C-]#[N+]c1[nH]ncc1-c1ccnc2c1ccn2COCC[Si](C)(C)C. The fraction of sp³-hybridized carbons (Fsp3) is 0.371. The van der Waals surface area contributed by atoms with Crippen molar-refractivity contribution in [3.63, 3.8) is 0 Å². The summed E-state index contributed by atoms with van der Waals surface area (Å²) in [6.45, 7) is 48.4. The lowest BCUT2D eigenvalue weighted by molar-refractivity contribution is 0.00578. The first-order chi connectivity index (χ1) is 42.7. The molecule has 9 aromatic heterocycles. The highest BCUT2D eigenvalue weighted by Gasteiger charge is 2.52. The van der Waals surface area contributed by atoms with Crippen molar-refractivity contribution in [2.24, 2.45) is 4.99 Å². The maximum absolute atomic E-state index is 11.2. The quantitative estimate of drug-likeness (QED) is 0.0528. The molecule has 0 aromatic carbocycles. The van der Waals surface area contributed by atoms with E-state index in [1.807, 2.05) is 88.7 Å². The van der Waals surface area contributed by atoms with Crippen molar-refractivity contribution in [2.75, 3.05) is 38.6 Å². The van der Waals surface area contributed by atoms with Gasteiger partial charge >= 0.3 is 7.12 Å². The third kappa shape index (κ3) is 18.9. The van der Waals surface area contributed by atoms with Gasteiger partial charge in [-0.05, 0) is 150 Å². The van der Waals surface area contributed by atoms with Crippen LogP contribution in [0, 0.1) is 19.7 Å². The van der Waals surface area contributed by atoms with Crippen LogP contribution < -0.4 is 5.46 Å². The molecule has 3 aliphatic rings. The summed E-state index contributed by atoms with van der Waals surface area (Å²) in [6, 6.07) is 18.1. The zero-order valence-electron chi connectivity index (χ0n) is 52.5. The maximum atomic E-state index is 11.2. The normalized spacial score (nSPS) is 15.0. The number of hydrogen-bond donors (Lipinski definition) is 3. The van der Waals surface area contributed by atoms with E-state index in [0.717, 1.165) is 99.0 Å². The van der Waals surface area contributed by atoms with Crippen molar-refractivity contribution in [3.05, 3.63) is 170 Å². The first-order valence-electron chi connectivity index (χ1n) is 28.9. The monoisotopic (exact) mass is 1460 g/mol. The molecule has 28 heteroatoms. The standard InChI is InChI=1S/C19H31BN2O3Si.C17H21N5OSi.2C7H5BrN2.C7H10N2O2S.C5H3BrN2/c1-18(2)19(3,4)25-20(24-18)16-8-10-21-17-15(16)9-11-22(17)14-23-12-13-26(5,6)7;1-18-16-15(11-20-21-16)13-5-7-19-17-14(13)6-8-22(17)12-23-9-10-24(2,3)4;2*8-6-2-4-10-7-5(6)1-3-9-7;1-3-12(10,11)9-5-7(6-9)4-8-2;1-7-5-4(6)2-3-8-5/h8-11H,12-14H2,1-7H3;5-8,11H,9-10,12H2,2-4H3,(H,20,21);2*1-4H,(H,9,10);4H,3,5-6H2,1H3;2H,3H2. The van der Waals surface area contributed by atoms with Crippen LogP contribution in [0.5, 0.6) is 0 Å². The van der Waals surface area contributed by atoms with Crippen LogP contribution >= 0.6 is 47.8 Å². The number of aromatic nitrogens is 10. The number of nitrogens with zero attached hydrogens (tertiary/aromatic N) is 12. The Morgan fingerprint density at radius 2 is 1.22 bits per heavy atom. The summed E-state index contributed by atoms with van der Waals surface area (Å²) in [5.41, 5.74) is 6.59. The van der Waals surface area contributed by atoms with Gasteiger partial charge in [0.2, 0.25) is 10.0 Å². The number of ether oxygens (including phenoxy) is 2. The maximum Gasteiger partial charge on any atom is 0.495 e. The third-order valence-electron chi connectivity index (χ3n) is 14.7. The lowest BCUT2D eigenvalue weighted by atomic mass is 9.78. The van der Waals surface area contributed by atoms with E-state index in [4.69, 9.17) is 38.5 Å². The molecule has 0 bridgehead atoms. The Morgan fingerprint density at radius 3 is 1.69 bits per heavy atom. The number of halogens is 3. The molecule has 3 N–H and O–H groups in total. The molecule has 0 amide bonds. The highest BCUT2D eigenvalue weighted by atomic mass is 79.9. The Bertz CT molecular complexity index is 4160. The van der Waals surface area contributed by atoms with E-state index in [1.165, 1.54) is 16.5 Å². The van der Waals surface area contributed by atoms with Crippen molar-refractivity contribution in [2.45, 2.75) is 111 Å². The smallest absolute Gasteiger partial charge is 0.399 e. The van der Waals surface area contributed by atoms with Crippen molar-refractivity contribution in [3.8, 4) is 11.1 Å². The first-order valence-corrected chi connectivity index (χ1v) is 40.3. The second kappa shape index (κ2) is 31.5. The molecule has 0 unspecified atom stereocenters. The molecule has 0 radical (unpaired) electrons. The molecule has 2 fully saturated rings. The number of aromatic amines is 3. The number of pyridine rings is 4. The molecule has 0 aliphatic carbocycles. The van der Waals surface area contributed by atoms with Crippen LogP contribution in [0.1, 0.15) is 34.6 Å². The van der Waals surface area contributed by atoms with E-state index in [2.05, 4.69) is 180 Å². The molecule has 0 atom stereocenters. The Morgan fingerprint density at radius 1 is 0.700 bits per heavy atom. The number of nitrogens with one attached hydrogen (secondary N) is 3. The minimum Gasteiger partial charge on any atom is -0.399 e. The van der Waals surface area contributed by atoms with Crippen LogP contribution in [-0.4, -0.2) is 141 Å². The molecule has 0 saturated carbocycles. The van der Waals surface area contributed by atoms with E-state index in [-0.39, 0.29) is 24.1 Å². The minimum absolute atomic E-state index is 0.137. The molecule has 12 rings (SSSR count). The highest BCUT2D eigenvalue weighted by Crippen LogP contribution is 2.37. The molecule has 9 aromatic rings. The lowest BCUT2D eigenvalue weighted by Gasteiger charge is -2.32. The van der Waals surface area contributed by atoms with Crippen LogP contribution in [-0.2, 0) is 42.3 Å². The number of hydrogen-bond acceptors (Lipinski definition) is 12. The second-order valence-corrected chi connectivity index (χ2v) is 40.4. The van der Waals surface area contributed by atoms with Gasteiger partial charge in [0.15, 0.2) is 6.20 Å². The van der Waals surface area contributed by atoms with Crippen molar-refractivity contribution >= 4 is 142 Å². The van der Waals surface area contributed by atoms with Crippen LogP contribution in [0.4, 0.5) is 5.82 Å². The average molecular weight is 1470 g/mol. The van der Waals surface area contributed by atoms with Gasteiger partial charge in [-0.3, -0.25) is 0 Å². The van der Waals surface area contributed by atoms with Crippen LogP contribution in [0.3, 0.4) is 0 Å². The molecule has 3 aliphatic heterocycles. The Kier molecular flexibility index (Phi) is 24.8. The summed E-state index contributed by atoms with van der Waals surface area (Å²) < 4.78 is 54.9. The predicted octanol–water partition coefficient (Wildman–Crippen LogP) is 14.6. The Hall–Kier alpha value is -6.72. The van der Waals surface area contributed by atoms with Crippen molar-refractivity contribution in [1.82, 2.24) is 53.5 Å². The molecule has 90 heavy (non-hydrogen) atoms. The summed E-state index contributed by atoms with van der Waals surface area (Å²) in [5, 5.41) is 11.0. The predicted molar refractivity (Wildman–Crippen MR) is 376 cm³/mol. The van der Waals surface area contributed by atoms with Crippen molar-refractivity contribution in [1.29, 1.82) is 0 Å². The van der Waals surface area contributed by atoms with Crippen molar-refractivity contribution < 1.29 is 27.2 Å². The van der Waals surface area contributed by atoms with Gasteiger partial charge < -0.3 is 47.6 Å².